The fourth-order valence-electron chi connectivity index (χ4n) is 2.11. The molecule has 0 aliphatic carbocycles. The molecule has 2 rings (SSSR count). The predicted octanol–water partition coefficient (Wildman–Crippen LogP) is 0.454. The zero-order valence-electron chi connectivity index (χ0n) is 11.7. The number of hydrogen-bond acceptors (Lipinski definition) is 6. The van der Waals surface area contributed by atoms with E-state index in [-0.39, 0.29) is 5.91 Å². The molecule has 0 bridgehead atoms. The van der Waals surface area contributed by atoms with E-state index < -0.39 is 0 Å². The molecule has 1 aromatic rings. The second kappa shape index (κ2) is 7.47. The van der Waals surface area contributed by atoms with E-state index in [0.717, 1.165) is 25.3 Å². The van der Waals surface area contributed by atoms with Gasteiger partial charge in [0.05, 0.1) is 11.3 Å². The van der Waals surface area contributed by atoms with Gasteiger partial charge in [0.2, 0.25) is 0 Å². The van der Waals surface area contributed by atoms with Crippen molar-refractivity contribution in [1.82, 2.24) is 15.2 Å². The number of anilines is 1. The Balaban J connectivity index is 1.85. The first kappa shape index (κ1) is 15.1. The van der Waals surface area contributed by atoms with Crippen molar-refractivity contribution in [3.8, 4) is 0 Å². The van der Waals surface area contributed by atoms with E-state index in [9.17, 15) is 4.79 Å². The van der Waals surface area contributed by atoms with Crippen LogP contribution in [-0.4, -0.2) is 53.5 Å². The van der Waals surface area contributed by atoms with Gasteiger partial charge in [-0.25, -0.2) is 0 Å². The van der Waals surface area contributed by atoms with Crippen LogP contribution >= 0.6 is 11.8 Å². The molecule has 0 unspecified atom stereocenters. The Kier molecular flexibility index (Phi) is 5.63. The van der Waals surface area contributed by atoms with Gasteiger partial charge in [0.1, 0.15) is 0 Å². The predicted molar refractivity (Wildman–Crippen MR) is 82.9 cm³/mol. The standard InChI is InChI=1S/C13H21N5OS/c1-10-8-12(17-14)11(9-16-10)13(19)15-2-3-18-4-6-20-7-5-18/h8-9H,2-7,14H2,1H3,(H,15,19)(H,16,17). The Labute approximate surface area is 123 Å². The summed E-state index contributed by atoms with van der Waals surface area (Å²) in [5.41, 5.74) is 4.44. The van der Waals surface area contributed by atoms with E-state index in [4.69, 9.17) is 5.84 Å². The zero-order chi connectivity index (χ0) is 14.4. The number of nitrogens with one attached hydrogen (secondary N) is 2. The topological polar surface area (TPSA) is 83.3 Å². The number of carbonyl (C=O) groups is 1. The average Bonchev–Trinajstić information content (AvgIpc) is 2.48. The van der Waals surface area contributed by atoms with Crippen molar-refractivity contribution in [1.29, 1.82) is 0 Å². The SMILES string of the molecule is Cc1cc(NN)c(C(=O)NCCN2CCSCC2)cn1. The second-order valence-electron chi connectivity index (χ2n) is 4.73. The minimum absolute atomic E-state index is 0.142. The first-order valence-electron chi connectivity index (χ1n) is 6.72. The largest absolute Gasteiger partial charge is 0.351 e. The molecule has 0 atom stereocenters. The van der Waals surface area contributed by atoms with Crippen LogP contribution in [0.15, 0.2) is 12.3 Å². The summed E-state index contributed by atoms with van der Waals surface area (Å²) in [6, 6.07) is 1.76. The van der Waals surface area contributed by atoms with E-state index in [1.54, 1.807) is 12.3 Å². The molecule has 0 spiro atoms. The van der Waals surface area contributed by atoms with Gasteiger partial charge in [0.15, 0.2) is 0 Å². The van der Waals surface area contributed by atoms with Gasteiger partial charge in [-0.05, 0) is 13.0 Å². The molecule has 0 radical (unpaired) electrons. The Morgan fingerprint density at radius 1 is 1.50 bits per heavy atom. The maximum atomic E-state index is 12.1. The van der Waals surface area contributed by atoms with Crippen molar-refractivity contribution in [3.63, 3.8) is 0 Å². The molecular weight excluding hydrogens is 274 g/mol. The van der Waals surface area contributed by atoms with Crippen LogP contribution in [-0.2, 0) is 0 Å². The van der Waals surface area contributed by atoms with E-state index in [0.29, 0.717) is 17.8 Å². The minimum Gasteiger partial charge on any atom is -0.351 e. The monoisotopic (exact) mass is 295 g/mol. The molecular formula is C13H21N5OS. The van der Waals surface area contributed by atoms with Crippen LogP contribution in [0, 0.1) is 6.92 Å². The summed E-state index contributed by atoms with van der Waals surface area (Å²) in [6.07, 6.45) is 1.55. The van der Waals surface area contributed by atoms with Crippen molar-refractivity contribution in [2.75, 3.05) is 43.1 Å². The molecule has 2 heterocycles. The molecule has 0 saturated carbocycles. The van der Waals surface area contributed by atoms with Gasteiger partial charge in [-0.3, -0.25) is 20.5 Å². The Morgan fingerprint density at radius 3 is 2.95 bits per heavy atom. The minimum atomic E-state index is -0.142. The third kappa shape index (κ3) is 4.09. The van der Waals surface area contributed by atoms with Crippen LogP contribution in [0.1, 0.15) is 16.1 Å². The van der Waals surface area contributed by atoms with Crippen LogP contribution in [0.5, 0.6) is 0 Å². The smallest absolute Gasteiger partial charge is 0.255 e. The van der Waals surface area contributed by atoms with Crippen LogP contribution in [0.3, 0.4) is 0 Å². The number of aromatic nitrogens is 1. The Hall–Kier alpha value is -1.31. The van der Waals surface area contributed by atoms with Crippen LogP contribution < -0.4 is 16.6 Å². The molecule has 4 N–H and O–H groups in total. The summed E-state index contributed by atoms with van der Waals surface area (Å²) in [4.78, 5) is 18.6. The fraction of sp³-hybridized carbons (Fsp3) is 0.538. The van der Waals surface area contributed by atoms with Gasteiger partial charge in [-0.2, -0.15) is 11.8 Å². The summed E-state index contributed by atoms with van der Waals surface area (Å²) in [5, 5.41) is 2.92. The number of carbonyl (C=O) groups excluding carboxylic acids is 1. The van der Waals surface area contributed by atoms with Crippen molar-refractivity contribution >= 4 is 23.4 Å². The Bertz CT molecular complexity index is 462. The molecule has 1 aliphatic rings. The zero-order valence-corrected chi connectivity index (χ0v) is 12.5. The van der Waals surface area contributed by atoms with Crippen LogP contribution in [0.25, 0.3) is 0 Å². The van der Waals surface area contributed by atoms with E-state index in [1.807, 2.05) is 18.7 Å². The molecule has 7 heteroatoms. The van der Waals surface area contributed by atoms with Gasteiger partial charge in [0.25, 0.3) is 5.91 Å². The maximum Gasteiger partial charge on any atom is 0.255 e. The molecule has 20 heavy (non-hydrogen) atoms. The number of nitrogens with two attached hydrogens (primary N) is 1. The molecule has 1 aromatic heterocycles. The average molecular weight is 295 g/mol. The lowest BCUT2D eigenvalue weighted by atomic mass is 10.2. The van der Waals surface area contributed by atoms with Crippen LogP contribution in [0.4, 0.5) is 5.69 Å². The van der Waals surface area contributed by atoms with Crippen molar-refractivity contribution < 1.29 is 4.79 Å². The van der Waals surface area contributed by atoms with E-state index in [2.05, 4.69) is 20.6 Å². The quantitative estimate of drug-likeness (QED) is 0.540. The second-order valence-corrected chi connectivity index (χ2v) is 5.95. The number of aryl methyl sites for hydroxylation is 1. The first-order valence-corrected chi connectivity index (χ1v) is 7.87. The summed E-state index contributed by atoms with van der Waals surface area (Å²) in [7, 11) is 0. The van der Waals surface area contributed by atoms with Gasteiger partial charge in [0, 0.05) is 49.6 Å². The number of pyridine rings is 1. The lowest BCUT2D eigenvalue weighted by Crippen LogP contribution is -2.39. The summed E-state index contributed by atoms with van der Waals surface area (Å²) >= 11 is 1.98. The third-order valence-electron chi connectivity index (χ3n) is 3.26. The number of hydrazine groups is 1. The Morgan fingerprint density at radius 2 is 2.25 bits per heavy atom. The molecule has 0 aromatic carbocycles. The van der Waals surface area contributed by atoms with Crippen LogP contribution in [0.2, 0.25) is 0 Å². The van der Waals surface area contributed by atoms with Gasteiger partial charge in [-0.15, -0.1) is 0 Å². The first-order chi connectivity index (χ1) is 9.70. The number of nitrogen functional groups attached to an aromatic ring is 1. The number of rotatable bonds is 5. The van der Waals surface area contributed by atoms with Gasteiger partial charge >= 0.3 is 0 Å². The van der Waals surface area contributed by atoms with Crippen molar-refractivity contribution in [3.05, 3.63) is 23.5 Å². The summed E-state index contributed by atoms with van der Waals surface area (Å²) in [5.74, 6) is 7.65. The van der Waals surface area contributed by atoms with Gasteiger partial charge < -0.3 is 10.7 Å². The highest BCUT2D eigenvalue weighted by atomic mass is 32.2. The third-order valence-corrected chi connectivity index (χ3v) is 4.20. The van der Waals surface area contributed by atoms with E-state index >= 15 is 0 Å². The van der Waals surface area contributed by atoms with Gasteiger partial charge in [-0.1, -0.05) is 0 Å². The molecule has 1 saturated heterocycles. The lowest BCUT2D eigenvalue weighted by Gasteiger charge is -2.26. The maximum absolute atomic E-state index is 12.1. The highest BCUT2D eigenvalue weighted by molar-refractivity contribution is 7.99. The molecule has 1 amide bonds. The molecule has 1 aliphatic heterocycles. The molecule has 1 fully saturated rings. The lowest BCUT2D eigenvalue weighted by molar-refractivity contribution is 0.0949. The van der Waals surface area contributed by atoms with Crippen molar-refractivity contribution in [2.45, 2.75) is 6.92 Å². The number of amides is 1. The number of hydrogen-bond donors (Lipinski definition) is 3. The van der Waals surface area contributed by atoms with E-state index in [1.165, 1.54) is 11.5 Å². The number of thioether (sulfide) groups is 1. The summed E-state index contributed by atoms with van der Waals surface area (Å²) in [6.45, 7) is 5.58. The molecule has 110 valence electrons. The normalized spacial score (nSPS) is 15.9. The molecule has 6 nitrogen and oxygen atoms in total. The van der Waals surface area contributed by atoms with Crippen molar-refractivity contribution in [2.24, 2.45) is 5.84 Å². The summed E-state index contributed by atoms with van der Waals surface area (Å²) < 4.78 is 0. The fourth-order valence-corrected chi connectivity index (χ4v) is 3.09. The highest BCUT2D eigenvalue weighted by Gasteiger charge is 2.13. The highest BCUT2D eigenvalue weighted by Crippen LogP contribution is 2.14. The number of nitrogens with zero attached hydrogens (tertiary/aromatic N) is 2.